The van der Waals surface area contributed by atoms with E-state index in [1.807, 2.05) is 26.0 Å². The lowest BCUT2D eigenvalue weighted by Gasteiger charge is -2.37. The van der Waals surface area contributed by atoms with Crippen LogP contribution < -0.4 is 5.32 Å². The minimum Gasteiger partial charge on any atom is -0.350 e. The fraction of sp³-hybridized carbons (Fsp3) is 0.517. The van der Waals surface area contributed by atoms with Crippen LogP contribution in [0, 0.1) is 11.8 Å². The molecule has 4 rings (SSSR count). The van der Waals surface area contributed by atoms with Crippen LogP contribution in [0.3, 0.4) is 0 Å². The zero-order valence-corrected chi connectivity index (χ0v) is 20.9. The molecule has 2 heterocycles. The molecule has 1 fully saturated rings. The zero-order chi connectivity index (χ0) is 24.1. The average molecular weight is 462 g/mol. The number of fused-ring (bicyclic) bond motifs is 1. The highest BCUT2D eigenvalue weighted by Crippen LogP contribution is 2.26. The average Bonchev–Trinajstić information content (AvgIpc) is 2.86. The van der Waals surface area contributed by atoms with Crippen LogP contribution in [0.15, 0.2) is 48.5 Å². The van der Waals surface area contributed by atoms with Gasteiger partial charge in [-0.05, 0) is 54.0 Å². The molecule has 0 spiro atoms. The smallest absolute Gasteiger partial charge is 0.243 e. The van der Waals surface area contributed by atoms with Gasteiger partial charge in [-0.25, -0.2) is 0 Å². The predicted octanol–water partition coefficient (Wildman–Crippen LogP) is 4.53. The van der Waals surface area contributed by atoms with Crippen LogP contribution in [0.5, 0.6) is 0 Å². The van der Waals surface area contributed by atoms with Crippen LogP contribution in [0.4, 0.5) is 0 Å². The van der Waals surface area contributed by atoms with Crippen LogP contribution in [-0.4, -0.2) is 40.7 Å². The third-order valence-electron chi connectivity index (χ3n) is 7.51. The van der Waals surface area contributed by atoms with Crippen LogP contribution in [0.2, 0.25) is 0 Å². The number of carbonyl (C=O) groups is 2. The van der Waals surface area contributed by atoms with Crippen molar-refractivity contribution in [3.05, 3.63) is 70.8 Å². The number of hydrogen-bond acceptors (Lipinski definition) is 3. The number of nitrogens with one attached hydrogen (secondary N) is 1. The van der Waals surface area contributed by atoms with Gasteiger partial charge < -0.3 is 10.2 Å². The van der Waals surface area contributed by atoms with Gasteiger partial charge in [-0.1, -0.05) is 69.3 Å². The van der Waals surface area contributed by atoms with E-state index in [0.717, 1.165) is 35.6 Å². The quantitative estimate of drug-likeness (QED) is 0.659. The molecule has 3 unspecified atom stereocenters. The van der Waals surface area contributed by atoms with Gasteiger partial charge in [0.05, 0.1) is 0 Å². The van der Waals surface area contributed by atoms with E-state index in [-0.39, 0.29) is 17.7 Å². The SMILES string of the molecule is CCC(C)C(=O)N1Cc2ccccc2CC1C(=O)NCc1ccc(CN2CCCC(C)C2)cc1. The molecule has 1 N–H and O–H groups in total. The number of nitrogens with zero attached hydrogens (tertiary/aromatic N) is 2. The molecule has 34 heavy (non-hydrogen) atoms. The molecule has 1 saturated heterocycles. The summed E-state index contributed by atoms with van der Waals surface area (Å²) in [5.41, 5.74) is 4.70. The van der Waals surface area contributed by atoms with Crippen molar-refractivity contribution in [1.82, 2.24) is 15.1 Å². The number of rotatable bonds is 7. The number of hydrogen-bond donors (Lipinski definition) is 1. The van der Waals surface area contributed by atoms with Crippen molar-refractivity contribution < 1.29 is 9.59 Å². The van der Waals surface area contributed by atoms with Crippen molar-refractivity contribution >= 4 is 11.8 Å². The van der Waals surface area contributed by atoms with Crippen molar-refractivity contribution in [1.29, 1.82) is 0 Å². The van der Waals surface area contributed by atoms with Crippen molar-refractivity contribution in [2.45, 2.75) is 72.1 Å². The van der Waals surface area contributed by atoms with Gasteiger partial charge in [0.2, 0.25) is 11.8 Å². The highest BCUT2D eigenvalue weighted by Gasteiger charge is 2.35. The van der Waals surface area contributed by atoms with Crippen molar-refractivity contribution in [2.75, 3.05) is 13.1 Å². The predicted molar refractivity (Wildman–Crippen MR) is 136 cm³/mol. The molecule has 0 aromatic heterocycles. The topological polar surface area (TPSA) is 52.7 Å². The second-order valence-electron chi connectivity index (χ2n) is 10.3. The Hall–Kier alpha value is -2.66. The highest BCUT2D eigenvalue weighted by atomic mass is 16.2. The van der Waals surface area contributed by atoms with E-state index in [1.165, 1.54) is 31.5 Å². The van der Waals surface area contributed by atoms with Gasteiger partial charge in [0, 0.05) is 38.5 Å². The molecule has 3 atom stereocenters. The summed E-state index contributed by atoms with van der Waals surface area (Å²) in [5.74, 6) is 0.684. The maximum Gasteiger partial charge on any atom is 0.243 e. The van der Waals surface area contributed by atoms with Crippen molar-refractivity contribution in [2.24, 2.45) is 11.8 Å². The van der Waals surface area contributed by atoms with Crippen molar-refractivity contribution in [3.63, 3.8) is 0 Å². The third-order valence-corrected chi connectivity index (χ3v) is 7.51. The van der Waals surface area contributed by atoms with Crippen LogP contribution in [0.1, 0.15) is 62.3 Å². The lowest BCUT2D eigenvalue weighted by atomic mass is 9.92. The summed E-state index contributed by atoms with van der Waals surface area (Å²) in [4.78, 5) is 30.7. The van der Waals surface area contributed by atoms with Gasteiger partial charge >= 0.3 is 0 Å². The van der Waals surface area contributed by atoms with E-state index >= 15 is 0 Å². The standard InChI is InChI=1S/C29H39N3O2/c1-4-22(3)29(34)32-20-26-10-6-5-9-25(26)16-27(32)28(33)30-17-23-11-13-24(14-12-23)19-31-15-7-8-21(2)18-31/h5-6,9-14,21-22,27H,4,7-8,15-20H2,1-3H3,(H,30,33). The van der Waals surface area contributed by atoms with Gasteiger partial charge in [0.25, 0.3) is 0 Å². The number of benzene rings is 2. The summed E-state index contributed by atoms with van der Waals surface area (Å²) >= 11 is 0. The number of amides is 2. The van der Waals surface area contributed by atoms with Gasteiger partial charge in [0.1, 0.15) is 6.04 Å². The fourth-order valence-corrected chi connectivity index (χ4v) is 5.20. The lowest BCUT2D eigenvalue weighted by molar-refractivity contribution is -0.144. The van der Waals surface area contributed by atoms with Crippen molar-refractivity contribution in [3.8, 4) is 0 Å². The van der Waals surface area contributed by atoms with Crippen LogP contribution >= 0.6 is 0 Å². The first kappa shape index (κ1) is 24.5. The number of carbonyl (C=O) groups excluding carboxylic acids is 2. The molecule has 5 nitrogen and oxygen atoms in total. The molecule has 2 aliphatic rings. The van der Waals surface area contributed by atoms with Gasteiger partial charge in [-0.15, -0.1) is 0 Å². The molecule has 2 aromatic carbocycles. The summed E-state index contributed by atoms with van der Waals surface area (Å²) in [5, 5.41) is 3.10. The molecule has 2 aromatic rings. The Morgan fingerprint density at radius 3 is 2.47 bits per heavy atom. The summed E-state index contributed by atoms with van der Waals surface area (Å²) in [6, 6.07) is 16.3. The molecule has 5 heteroatoms. The van der Waals surface area contributed by atoms with Crippen LogP contribution in [-0.2, 0) is 35.6 Å². The van der Waals surface area contributed by atoms with Gasteiger partial charge in [-0.2, -0.15) is 0 Å². The summed E-state index contributed by atoms with van der Waals surface area (Å²) in [6.45, 7) is 10.6. The summed E-state index contributed by atoms with van der Waals surface area (Å²) < 4.78 is 0. The van der Waals surface area contributed by atoms with E-state index in [9.17, 15) is 9.59 Å². The monoisotopic (exact) mass is 461 g/mol. The summed E-state index contributed by atoms with van der Waals surface area (Å²) in [6.07, 6.45) is 3.96. The normalized spacial score (nSPS) is 21.6. The largest absolute Gasteiger partial charge is 0.350 e. The maximum atomic E-state index is 13.3. The van der Waals surface area contributed by atoms with Gasteiger partial charge in [0.15, 0.2) is 0 Å². The van der Waals surface area contributed by atoms with Gasteiger partial charge in [-0.3, -0.25) is 14.5 Å². The molecular weight excluding hydrogens is 422 g/mol. The molecule has 182 valence electrons. The number of likely N-dealkylation sites (tertiary alicyclic amines) is 1. The van der Waals surface area contributed by atoms with E-state index in [1.54, 1.807) is 4.90 Å². The second-order valence-corrected chi connectivity index (χ2v) is 10.3. The minimum absolute atomic E-state index is 0.0635. The molecule has 0 bridgehead atoms. The Labute approximate surface area is 204 Å². The Balaban J connectivity index is 1.38. The molecule has 0 radical (unpaired) electrons. The highest BCUT2D eigenvalue weighted by molar-refractivity contribution is 5.89. The van der Waals surface area contributed by atoms with E-state index in [0.29, 0.717) is 19.5 Å². The Morgan fingerprint density at radius 1 is 1.06 bits per heavy atom. The lowest BCUT2D eigenvalue weighted by Crippen LogP contribution is -2.53. The Morgan fingerprint density at radius 2 is 1.76 bits per heavy atom. The number of piperidine rings is 1. The zero-order valence-electron chi connectivity index (χ0n) is 20.9. The molecule has 0 aliphatic carbocycles. The third kappa shape index (κ3) is 5.87. The molecular formula is C29H39N3O2. The Bertz CT molecular complexity index is 987. The van der Waals surface area contributed by atoms with E-state index in [4.69, 9.17) is 0 Å². The first-order valence-corrected chi connectivity index (χ1v) is 12.9. The Kier molecular flexibility index (Phi) is 8.04. The second kappa shape index (κ2) is 11.2. The fourth-order valence-electron chi connectivity index (χ4n) is 5.20. The van der Waals surface area contributed by atoms with E-state index < -0.39 is 6.04 Å². The van der Waals surface area contributed by atoms with Crippen LogP contribution in [0.25, 0.3) is 0 Å². The molecule has 2 aliphatic heterocycles. The summed E-state index contributed by atoms with van der Waals surface area (Å²) in [7, 11) is 0. The maximum absolute atomic E-state index is 13.3. The van der Waals surface area contributed by atoms with E-state index in [2.05, 4.69) is 53.5 Å². The molecule has 0 saturated carbocycles. The molecule has 2 amide bonds. The minimum atomic E-state index is -0.461. The first-order valence-electron chi connectivity index (χ1n) is 12.9. The first-order chi connectivity index (χ1) is 16.4.